The van der Waals surface area contributed by atoms with Crippen LogP contribution in [0.5, 0.6) is 0 Å². The molecule has 1 amide bonds. The predicted octanol–water partition coefficient (Wildman–Crippen LogP) is 4.93. The van der Waals surface area contributed by atoms with E-state index in [4.69, 9.17) is 0 Å². The molecule has 0 aromatic heterocycles. The van der Waals surface area contributed by atoms with Gasteiger partial charge in [0.1, 0.15) is 6.54 Å². The first kappa shape index (κ1) is 17.3. The molecule has 1 fully saturated rings. The Morgan fingerprint density at radius 2 is 1.69 bits per heavy atom. The number of benzene rings is 2. The van der Waals surface area contributed by atoms with E-state index >= 15 is 0 Å². The number of carbonyl (C=O) groups excluding carboxylic acids is 1. The van der Waals surface area contributed by atoms with Gasteiger partial charge in [0.25, 0.3) is 0 Å². The van der Waals surface area contributed by atoms with Crippen LogP contribution in [-0.4, -0.2) is 30.4 Å². The Kier molecular flexibility index (Phi) is 4.34. The minimum atomic E-state index is -4.42. The lowest BCUT2D eigenvalue weighted by atomic mass is 10.1. The molecule has 0 spiro atoms. The van der Waals surface area contributed by atoms with Crippen molar-refractivity contribution in [3.63, 3.8) is 0 Å². The third-order valence-electron chi connectivity index (χ3n) is 4.71. The minimum Gasteiger partial charge on any atom is -0.341 e. The topological polar surface area (TPSA) is 23.6 Å². The van der Waals surface area contributed by atoms with Crippen molar-refractivity contribution in [3.05, 3.63) is 48.0 Å². The van der Waals surface area contributed by atoms with Crippen LogP contribution in [0.4, 0.5) is 24.5 Å². The van der Waals surface area contributed by atoms with Crippen molar-refractivity contribution >= 4 is 29.0 Å². The summed E-state index contributed by atoms with van der Waals surface area (Å²) in [5, 5.41) is 0. The van der Waals surface area contributed by atoms with E-state index in [0.717, 1.165) is 53.5 Å². The Hall–Kier alpha value is -2.15. The fourth-order valence-corrected chi connectivity index (χ4v) is 4.45. The number of halogens is 3. The van der Waals surface area contributed by atoms with Gasteiger partial charge in [0.15, 0.2) is 0 Å². The summed E-state index contributed by atoms with van der Waals surface area (Å²) in [4.78, 5) is 17.8. The summed E-state index contributed by atoms with van der Waals surface area (Å²) in [7, 11) is 0. The van der Waals surface area contributed by atoms with Crippen molar-refractivity contribution < 1.29 is 18.0 Å². The molecule has 0 atom stereocenters. The highest BCUT2D eigenvalue weighted by atomic mass is 32.2. The summed E-state index contributed by atoms with van der Waals surface area (Å²) in [5.74, 6) is -0.0486. The molecule has 2 aromatic rings. The van der Waals surface area contributed by atoms with Crippen molar-refractivity contribution in [3.8, 4) is 0 Å². The molecule has 7 heteroatoms. The first-order valence-electron chi connectivity index (χ1n) is 8.47. The van der Waals surface area contributed by atoms with Crippen LogP contribution in [0.3, 0.4) is 0 Å². The van der Waals surface area contributed by atoms with Crippen molar-refractivity contribution in [2.45, 2.75) is 28.8 Å². The fourth-order valence-electron chi connectivity index (χ4n) is 3.38. The molecule has 0 aliphatic carbocycles. The largest absolute Gasteiger partial charge is 0.416 e. The number of alkyl halides is 3. The van der Waals surface area contributed by atoms with Gasteiger partial charge < -0.3 is 9.80 Å². The van der Waals surface area contributed by atoms with Crippen LogP contribution >= 0.6 is 11.8 Å². The monoisotopic (exact) mass is 378 g/mol. The summed E-state index contributed by atoms with van der Waals surface area (Å²) in [6, 6.07) is 11.2. The van der Waals surface area contributed by atoms with Crippen molar-refractivity contribution in [1.29, 1.82) is 0 Å². The van der Waals surface area contributed by atoms with Gasteiger partial charge in [0.05, 0.1) is 16.9 Å². The van der Waals surface area contributed by atoms with Crippen LogP contribution in [0.2, 0.25) is 0 Å². The van der Waals surface area contributed by atoms with Gasteiger partial charge in [-0.15, -0.1) is 0 Å². The zero-order valence-electron chi connectivity index (χ0n) is 13.9. The zero-order valence-corrected chi connectivity index (χ0v) is 14.7. The standard InChI is InChI=1S/C19H17F3N2OS/c20-19(21,22)13-7-8-17-15(11-13)24(12-18(25)23-9-3-4-10-23)14-5-1-2-6-16(14)26-17/h1-2,5-8,11H,3-4,9-10,12H2. The maximum atomic E-state index is 13.2. The highest BCUT2D eigenvalue weighted by Crippen LogP contribution is 2.49. The number of nitrogens with zero attached hydrogens (tertiary/aromatic N) is 2. The summed E-state index contributed by atoms with van der Waals surface area (Å²) >= 11 is 1.43. The third-order valence-corrected chi connectivity index (χ3v) is 5.84. The van der Waals surface area contributed by atoms with E-state index in [9.17, 15) is 18.0 Å². The van der Waals surface area contributed by atoms with Gasteiger partial charge in [-0.2, -0.15) is 13.2 Å². The molecule has 2 aliphatic heterocycles. The number of carbonyl (C=O) groups is 1. The predicted molar refractivity (Wildman–Crippen MR) is 94.8 cm³/mol. The number of fused-ring (bicyclic) bond motifs is 2. The lowest BCUT2D eigenvalue weighted by Crippen LogP contribution is -2.38. The van der Waals surface area contributed by atoms with E-state index < -0.39 is 11.7 Å². The molecule has 4 rings (SSSR count). The van der Waals surface area contributed by atoms with Crippen LogP contribution < -0.4 is 4.90 Å². The molecule has 0 N–H and O–H groups in total. The SMILES string of the molecule is O=C(CN1c2ccccc2Sc2ccc(C(F)(F)F)cc21)N1CCCC1. The maximum Gasteiger partial charge on any atom is 0.416 e. The average Bonchev–Trinajstić information content (AvgIpc) is 3.15. The van der Waals surface area contributed by atoms with Gasteiger partial charge in [-0.05, 0) is 43.2 Å². The second kappa shape index (κ2) is 6.54. The lowest BCUT2D eigenvalue weighted by molar-refractivity contribution is -0.137. The summed E-state index contributed by atoms with van der Waals surface area (Å²) in [6.45, 7) is 1.49. The second-order valence-electron chi connectivity index (χ2n) is 6.42. The van der Waals surface area contributed by atoms with E-state index in [-0.39, 0.29) is 12.5 Å². The van der Waals surface area contributed by atoms with Crippen molar-refractivity contribution in [2.75, 3.05) is 24.5 Å². The summed E-state index contributed by atoms with van der Waals surface area (Å²) < 4.78 is 39.6. The zero-order chi connectivity index (χ0) is 18.3. The quantitative estimate of drug-likeness (QED) is 0.740. The molecule has 0 bridgehead atoms. The van der Waals surface area contributed by atoms with Crippen molar-refractivity contribution in [2.24, 2.45) is 0 Å². The number of rotatable bonds is 2. The third kappa shape index (κ3) is 3.16. The minimum absolute atomic E-state index is 0.0475. The number of para-hydroxylation sites is 1. The Morgan fingerprint density at radius 3 is 2.42 bits per heavy atom. The molecular formula is C19H17F3N2OS. The normalized spacial score (nSPS) is 16.4. The van der Waals surface area contributed by atoms with E-state index in [1.165, 1.54) is 17.8 Å². The highest BCUT2D eigenvalue weighted by Gasteiger charge is 2.34. The molecule has 0 saturated carbocycles. The Balaban J connectivity index is 1.75. The highest BCUT2D eigenvalue weighted by molar-refractivity contribution is 7.99. The fraction of sp³-hybridized carbons (Fsp3) is 0.316. The Bertz CT molecular complexity index is 847. The molecule has 2 aromatic carbocycles. The number of hydrogen-bond acceptors (Lipinski definition) is 3. The van der Waals surface area contributed by atoms with E-state index in [1.807, 2.05) is 24.3 Å². The van der Waals surface area contributed by atoms with Gasteiger partial charge >= 0.3 is 6.18 Å². The van der Waals surface area contributed by atoms with E-state index in [0.29, 0.717) is 5.69 Å². The molecular weight excluding hydrogens is 361 g/mol. The summed E-state index contributed by atoms with van der Waals surface area (Å²) in [6.07, 6.45) is -2.46. The van der Waals surface area contributed by atoms with E-state index in [2.05, 4.69) is 0 Å². The number of likely N-dealkylation sites (tertiary alicyclic amines) is 1. The molecule has 2 heterocycles. The number of amides is 1. The molecule has 26 heavy (non-hydrogen) atoms. The number of hydrogen-bond donors (Lipinski definition) is 0. The smallest absolute Gasteiger partial charge is 0.341 e. The van der Waals surface area contributed by atoms with Crippen molar-refractivity contribution in [1.82, 2.24) is 4.90 Å². The molecule has 3 nitrogen and oxygen atoms in total. The molecule has 136 valence electrons. The van der Waals surface area contributed by atoms with Gasteiger partial charge in [0, 0.05) is 22.9 Å². The summed E-state index contributed by atoms with van der Waals surface area (Å²) in [5.41, 5.74) is 0.516. The molecule has 0 unspecified atom stereocenters. The molecule has 0 radical (unpaired) electrons. The van der Waals surface area contributed by atoms with E-state index in [1.54, 1.807) is 9.80 Å². The maximum absolute atomic E-state index is 13.2. The molecule has 2 aliphatic rings. The van der Waals surface area contributed by atoms with Crippen LogP contribution in [-0.2, 0) is 11.0 Å². The van der Waals surface area contributed by atoms with Gasteiger partial charge in [0.2, 0.25) is 5.91 Å². The Labute approximate surface area is 153 Å². The number of anilines is 2. The average molecular weight is 378 g/mol. The van der Waals surface area contributed by atoms with Crippen LogP contribution in [0.15, 0.2) is 52.3 Å². The lowest BCUT2D eigenvalue weighted by Gasteiger charge is -2.33. The Morgan fingerprint density at radius 1 is 1.00 bits per heavy atom. The van der Waals surface area contributed by atoms with Crippen LogP contribution in [0.1, 0.15) is 18.4 Å². The molecule has 1 saturated heterocycles. The van der Waals surface area contributed by atoms with Gasteiger partial charge in [-0.1, -0.05) is 23.9 Å². The van der Waals surface area contributed by atoms with Crippen LogP contribution in [0, 0.1) is 0 Å². The van der Waals surface area contributed by atoms with Gasteiger partial charge in [-0.25, -0.2) is 0 Å². The first-order valence-corrected chi connectivity index (χ1v) is 9.28. The van der Waals surface area contributed by atoms with Gasteiger partial charge in [-0.3, -0.25) is 4.79 Å². The second-order valence-corrected chi connectivity index (χ2v) is 7.51. The first-order chi connectivity index (χ1) is 12.4. The van der Waals surface area contributed by atoms with Crippen LogP contribution in [0.25, 0.3) is 0 Å².